The second-order valence-corrected chi connectivity index (χ2v) is 18.4. The Labute approximate surface area is 292 Å². The van der Waals surface area contributed by atoms with Crippen molar-refractivity contribution >= 4 is 46.9 Å². The van der Waals surface area contributed by atoms with E-state index in [9.17, 15) is 28.4 Å². The van der Waals surface area contributed by atoms with Crippen LogP contribution in [0.4, 0.5) is 14.0 Å². The normalized spacial score (nSPS) is 20.2. The number of thiophene rings is 1. The van der Waals surface area contributed by atoms with Crippen LogP contribution in [0.15, 0.2) is 48.5 Å². The molecule has 13 heteroatoms. The molecule has 268 valence electrons. The summed E-state index contributed by atoms with van der Waals surface area (Å²) in [7, 11) is -3.70. The van der Waals surface area contributed by atoms with E-state index in [2.05, 4.69) is 0 Å². The number of ether oxygens (including phenoxy) is 2. The van der Waals surface area contributed by atoms with Gasteiger partial charge in [0.05, 0.1) is 6.61 Å². The molecular formula is C36H48FN2O8PS. The quantitative estimate of drug-likeness (QED) is 0.153. The molecule has 0 radical (unpaired) electrons. The van der Waals surface area contributed by atoms with Crippen LogP contribution >= 0.6 is 18.7 Å². The number of hydrogen-bond acceptors (Lipinski definition) is 9. The van der Waals surface area contributed by atoms with Crippen molar-refractivity contribution < 1.29 is 42.4 Å². The Kier molecular flexibility index (Phi) is 12.0. The molecule has 1 unspecified atom stereocenters. The first-order chi connectivity index (χ1) is 22.9. The van der Waals surface area contributed by atoms with Crippen molar-refractivity contribution in [3.8, 4) is 10.4 Å². The van der Waals surface area contributed by atoms with Gasteiger partial charge in [-0.15, -0.1) is 11.3 Å². The van der Waals surface area contributed by atoms with Crippen LogP contribution < -0.4 is 0 Å². The summed E-state index contributed by atoms with van der Waals surface area (Å²) in [4.78, 5) is 42.8. The molecule has 0 spiro atoms. The van der Waals surface area contributed by atoms with Gasteiger partial charge in [0, 0.05) is 41.9 Å². The molecule has 1 fully saturated rings. The van der Waals surface area contributed by atoms with E-state index in [1.54, 1.807) is 65.9 Å². The first kappa shape index (κ1) is 38.5. The number of nitrogens with zero attached hydrogens (tertiary/aromatic N) is 2. The number of amides is 2. The van der Waals surface area contributed by atoms with Gasteiger partial charge in [-0.25, -0.2) is 18.9 Å². The number of unbranched alkanes of at least 4 members (excludes halogenated alkanes) is 1. The van der Waals surface area contributed by atoms with Crippen molar-refractivity contribution in [3.05, 3.63) is 59.9 Å². The lowest BCUT2D eigenvalue weighted by Crippen LogP contribution is -2.54. The van der Waals surface area contributed by atoms with Crippen molar-refractivity contribution in [3.63, 3.8) is 0 Å². The highest BCUT2D eigenvalue weighted by molar-refractivity contribution is 7.62. The van der Waals surface area contributed by atoms with Gasteiger partial charge in [-0.3, -0.25) is 14.3 Å². The maximum atomic E-state index is 14.6. The molecule has 1 saturated heterocycles. The molecule has 1 N–H and O–H groups in total. The molecule has 2 amide bonds. The number of rotatable bonds is 11. The van der Waals surface area contributed by atoms with Crippen molar-refractivity contribution in [2.75, 3.05) is 32.4 Å². The van der Waals surface area contributed by atoms with E-state index >= 15 is 0 Å². The summed E-state index contributed by atoms with van der Waals surface area (Å²) in [6.45, 7) is 12.4. The number of halogens is 1. The number of aliphatic carboxylic acids is 1. The minimum atomic E-state index is -3.70. The molecule has 3 aromatic rings. The lowest BCUT2D eigenvalue weighted by atomic mass is 9.98. The van der Waals surface area contributed by atoms with E-state index in [0.29, 0.717) is 13.1 Å². The summed E-state index contributed by atoms with van der Waals surface area (Å²) in [6, 6.07) is 14.6. The third kappa shape index (κ3) is 9.48. The Hall–Kier alpha value is -3.31. The van der Waals surface area contributed by atoms with Crippen LogP contribution in [0.3, 0.4) is 0 Å². The van der Waals surface area contributed by atoms with Gasteiger partial charge in [0.2, 0.25) is 7.37 Å². The highest BCUT2D eigenvalue weighted by atomic mass is 32.1. The van der Waals surface area contributed by atoms with Gasteiger partial charge in [-0.05, 0) is 109 Å². The molecule has 1 aliphatic rings. The number of carbonyl (C=O) groups excluding carboxylic acids is 2. The topological polar surface area (TPSA) is 123 Å². The van der Waals surface area contributed by atoms with Crippen LogP contribution in [0, 0.1) is 5.82 Å². The van der Waals surface area contributed by atoms with E-state index < -0.39 is 41.9 Å². The minimum Gasteiger partial charge on any atom is -0.480 e. The molecule has 49 heavy (non-hydrogen) atoms. The van der Waals surface area contributed by atoms with Crippen molar-refractivity contribution in [1.29, 1.82) is 0 Å². The summed E-state index contributed by atoms with van der Waals surface area (Å²) >= 11 is 1.56. The number of benzene rings is 2. The van der Waals surface area contributed by atoms with E-state index in [-0.39, 0.29) is 50.9 Å². The van der Waals surface area contributed by atoms with E-state index in [1.807, 2.05) is 35.2 Å². The van der Waals surface area contributed by atoms with Crippen LogP contribution in [0.1, 0.15) is 73.3 Å². The van der Waals surface area contributed by atoms with Gasteiger partial charge in [0.15, 0.2) is 5.16 Å². The first-order valence-corrected chi connectivity index (χ1v) is 19.2. The third-order valence-corrected chi connectivity index (χ3v) is 12.7. The zero-order valence-electron chi connectivity index (χ0n) is 29.4. The predicted octanol–water partition coefficient (Wildman–Crippen LogP) is 9.00. The summed E-state index contributed by atoms with van der Waals surface area (Å²) in [5.74, 6) is -1.60. The van der Waals surface area contributed by atoms with Crippen molar-refractivity contribution in [2.24, 2.45) is 0 Å². The number of carboxylic acids is 1. The van der Waals surface area contributed by atoms with Gasteiger partial charge in [-0.1, -0.05) is 24.3 Å². The zero-order chi connectivity index (χ0) is 36.2. The molecule has 0 saturated carbocycles. The van der Waals surface area contributed by atoms with E-state index in [4.69, 9.17) is 14.0 Å². The predicted molar refractivity (Wildman–Crippen MR) is 190 cm³/mol. The van der Waals surface area contributed by atoms with E-state index in [1.165, 1.54) is 12.1 Å². The number of imide groups is 1. The Morgan fingerprint density at radius 2 is 1.65 bits per heavy atom. The lowest BCUT2D eigenvalue weighted by Gasteiger charge is -2.45. The van der Waals surface area contributed by atoms with Gasteiger partial charge >= 0.3 is 18.2 Å². The Bertz CT molecular complexity index is 1650. The molecule has 2 atom stereocenters. The summed E-state index contributed by atoms with van der Waals surface area (Å²) < 4.78 is 46.7. The number of carboxylic acid groups (broad SMARTS) is 1. The summed E-state index contributed by atoms with van der Waals surface area (Å²) in [6.07, 6.45) is -1.27. The molecule has 4 rings (SSSR count). The highest BCUT2D eigenvalue weighted by Gasteiger charge is 2.58. The smallest absolute Gasteiger partial charge is 0.419 e. The van der Waals surface area contributed by atoms with E-state index in [0.717, 1.165) is 31.0 Å². The third-order valence-electron chi connectivity index (χ3n) is 8.19. The lowest BCUT2D eigenvalue weighted by molar-refractivity contribution is -0.141. The highest BCUT2D eigenvalue weighted by Crippen LogP contribution is 2.63. The number of carbonyl (C=O) groups is 3. The van der Waals surface area contributed by atoms with Crippen molar-refractivity contribution in [2.45, 2.75) is 90.6 Å². The summed E-state index contributed by atoms with van der Waals surface area (Å²) in [5, 5.41) is 10.1. The van der Waals surface area contributed by atoms with Crippen LogP contribution in [0.25, 0.3) is 20.5 Å². The van der Waals surface area contributed by atoms with Crippen LogP contribution in [0.5, 0.6) is 0 Å². The average molecular weight is 719 g/mol. The molecule has 1 aromatic heterocycles. The fraction of sp³-hybridized carbons (Fsp3) is 0.528. The minimum absolute atomic E-state index is 0.0147. The zero-order valence-corrected chi connectivity index (χ0v) is 31.1. The molecule has 0 bridgehead atoms. The fourth-order valence-electron chi connectivity index (χ4n) is 6.00. The number of hydrogen-bond donors (Lipinski definition) is 1. The molecule has 0 aliphatic carbocycles. The molecular weight excluding hydrogens is 670 g/mol. The van der Waals surface area contributed by atoms with Crippen LogP contribution in [-0.4, -0.2) is 81.8 Å². The average Bonchev–Trinajstić information content (AvgIpc) is 3.42. The summed E-state index contributed by atoms with van der Waals surface area (Å²) in [5.41, 5.74) is -0.167. The van der Waals surface area contributed by atoms with Crippen molar-refractivity contribution in [1.82, 2.24) is 9.80 Å². The molecule has 10 nitrogen and oxygen atoms in total. The molecule has 1 aliphatic heterocycles. The van der Waals surface area contributed by atoms with Crippen LogP contribution in [-0.2, 0) is 29.9 Å². The first-order valence-electron chi connectivity index (χ1n) is 16.6. The Morgan fingerprint density at radius 1 is 1.00 bits per heavy atom. The monoisotopic (exact) mass is 718 g/mol. The van der Waals surface area contributed by atoms with Gasteiger partial charge in [0.25, 0.3) is 0 Å². The Balaban J connectivity index is 1.56. The van der Waals surface area contributed by atoms with Gasteiger partial charge in [-0.2, -0.15) is 0 Å². The maximum absolute atomic E-state index is 14.6. The Morgan fingerprint density at radius 3 is 2.24 bits per heavy atom. The maximum Gasteiger partial charge on any atom is 0.419 e. The second-order valence-electron chi connectivity index (χ2n) is 14.4. The largest absolute Gasteiger partial charge is 0.480 e. The number of fused-ring (bicyclic) bond motifs is 1. The van der Waals surface area contributed by atoms with Crippen LogP contribution in [0.2, 0.25) is 0 Å². The fourth-order valence-corrected chi connectivity index (χ4v) is 10.1. The van der Waals surface area contributed by atoms with Gasteiger partial charge < -0.3 is 19.1 Å². The standard InChI is InChI=1S/C36H48FN2O8PS/c1-8-45-48(44)20-19-38(23-26-15-16-27(37)22-28(26)30-21-25-13-9-10-14-29(25)49-30)24-36(48,31(40)41)17-11-12-18-39(32(42)46-34(2,3)4)33(43)47-35(5,6)7/h9-10,13-16,21-22H,8,11-12,17-20,23-24H2,1-7H3,(H,40,41)/t36-,48?/m0/s1. The SMILES string of the molecule is CCOP1(=O)CCN(Cc2ccc(F)cc2-c2cc3ccccc3s2)C[C@@]1(CCCCN(C(=O)OC(C)(C)C)C(=O)OC(C)(C)C)C(=O)O. The molecule has 2 heterocycles. The second kappa shape index (κ2) is 15.3. The van der Waals surface area contributed by atoms with Gasteiger partial charge in [0.1, 0.15) is 17.0 Å². The molecule has 2 aromatic carbocycles.